The highest BCUT2D eigenvalue weighted by Gasteiger charge is 2.07. The second-order valence-corrected chi connectivity index (χ2v) is 6.19. The van der Waals surface area contributed by atoms with Gasteiger partial charge in [-0.1, -0.05) is 17.2 Å². The van der Waals surface area contributed by atoms with Gasteiger partial charge in [0.2, 0.25) is 5.89 Å². The zero-order valence-corrected chi connectivity index (χ0v) is 11.7. The van der Waals surface area contributed by atoms with E-state index in [4.69, 9.17) is 16.0 Å². The Morgan fingerprint density at radius 2 is 1.95 bits per heavy atom. The van der Waals surface area contributed by atoms with E-state index < -0.39 is 9.84 Å². The number of aromatic nitrogens is 2. The third-order valence-corrected chi connectivity index (χ3v) is 3.73. The van der Waals surface area contributed by atoms with Gasteiger partial charge in [0.1, 0.15) is 5.88 Å². The number of anilines is 1. The number of alkyl halides is 1. The van der Waals surface area contributed by atoms with Gasteiger partial charge in [-0.15, -0.1) is 16.7 Å². The van der Waals surface area contributed by atoms with Crippen molar-refractivity contribution in [3.63, 3.8) is 0 Å². The van der Waals surface area contributed by atoms with Crippen molar-refractivity contribution in [1.29, 1.82) is 0 Å². The van der Waals surface area contributed by atoms with Crippen LogP contribution in [0.4, 0.5) is 6.01 Å². The highest BCUT2D eigenvalue weighted by atomic mass is 35.5. The predicted octanol–water partition coefficient (Wildman–Crippen LogP) is 1.82. The number of hydrogen-bond donors (Lipinski definition) is 1. The SMILES string of the molecule is CS(=O)(=O)c1ccc(CNc2nnc(CCl)o2)cc1. The normalized spacial score (nSPS) is 11.5. The first-order chi connectivity index (χ1) is 8.99. The summed E-state index contributed by atoms with van der Waals surface area (Å²) in [5.74, 6) is 0.508. The number of rotatable bonds is 5. The smallest absolute Gasteiger partial charge is 0.315 e. The van der Waals surface area contributed by atoms with E-state index in [2.05, 4.69) is 15.5 Å². The van der Waals surface area contributed by atoms with Crippen LogP contribution in [0.25, 0.3) is 0 Å². The Labute approximate surface area is 115 Å². The second kappa shape index (κ2) is 5.58. The molecular formula is C11H12ClN3O3S. The van der Waals surface area contributed by atoms with Crippen LogP contribution in [0.5, 0.6) is 0 Å². The lowest BCUT2D eigenvalue weighted by Crippen LogP contribution is -2.01. The van der Waals surface area contributed by atoms with Crippen LogP contribution >= 0.6 is 11.6 Å². The molecule has 0 spiro atoms. The Bertz CT molecular complexity index is 652. The average molecular weight is 302 g/mol. The van der Waals surface area contributed by atoms with Crippen LogP contribution < -0.4 is 5.32 Å². The largest absolute Gasteiger partial charge is 0.407 e. The molecule has 0 aliphatic heterocycles. The summed E-state index contributed by atoms with van der Waals surface area (Å²) in [7, 11) is -3.16. The zero-order valence-electron chi connectivity index (χ0n) is 10.1. The molecule has 8 heteroatoms. The molecule has 1 aromatic carbocycles. The molecule has 0 saturated carbocycles. The fourth-order valence-corrected chi connectivity index (χ4v) is 2.15. The third kappa shape index (κ3) is 3.68. The molecule has 0 saturated heterocycles. The molecule has 1 N–H and O–H groups in total. The topological polar surface area (TPSA) is 85.1 Å². The Balaban J connectivity index is 2.00. The van der Waals surface area contributed by atoms with E-state index in [1.807, 2.05) is 0 Å². The second-order valence-electron chi connectivity index (χ2n) is 3.90. The van der Waals surface area contributed by atoms with Gasteiger partial charge in [0.05, 0.1) is 4.90 Å². The van der Waals surface area contributed by atoms with Crippen molar-refractivity contribution in [3.8, 4) is 0 Å². The minimum Gasteiger partial charge on any atom is -0.407 e. The molecule has 2 rings (SSSR count). The first-order valence-electron chi connectivity index (χ1n) is 5.40. The van der Waals surface area contributed by atoms with E-state index in [9.17, 15) is 8.42 Å². The van der Waals surface area contributed by atoms with E-state index in [1.165, 1.54) is 6.26 Å². The van der Waals surface area contributed by atoms with E-state index in [0.29, 0.717) is 17.3 Å². The van der Waals surface area contributed by atoms with Crippen molar-refractivity contribution < 1.29 is 12.8 Å². The number of hydrogen-bond acceptors (Lipinski definition) is 6. The zero-order chi connectivity index (χ0) is 13.9. The highest BCUT2D eigenvalue weighted by Crippen LogP contribution is 2.12. The Hall–Kier alpha value is -1.60. The maximum absolute atomic E-state index is 11.3. The quantitative estimate of drug-likeness (QED) is 0.848. The molecule has 2 aromatic rings. The Morgan fingerprint density at radius 1 is 1.26 bits per heavy atom. The molecular weight excluding hydrogens is 290 g/mol. The van der Waals surface area contributed by atoms with E-state index in [-0.39, 0.29) is 11.9 Å². The molecule has 0 bridgehead atoms. The van der Waals surface area contributed by atoms with E-state index >= 15 is 0 Å². The number of nitrogens with one attached hydrogen (secondary N) is 1. The summed E-state index contributed by atoms with van der Waals surface area (Å²) in [6.45, 7) is 0.452. The maximum atomic E-state index is 11.3. The lowest BCUT2D eigenvalue weighted by Gasteiger charge is -2.03. The van der Waals surface area contributed by atoms with E-state index in [1.54, 1.807) is 24.3 Å². The first kappa shape index (κ1) is 13.8. The summed E-state index contributed by atoms with van der Waals surface area (Å²) in [5, 5.41) is 10.4. The van der Waals surface area contributed by atoms with Crippen LogP contribution in [-0.4, -0.2) is 24.9 Å². The maximum Gasteiger partial charge on any atom is 0.315 e. The fourth-order valence-electron chi connectivity index (χ4n) is 1.41. The molecule has 0 radical (unpaired) electrons. The molecule has 102 valence electrons. The van der Waals surface area contributed by atoms with Gasteiger partial charge in [-0.3, -0.25) is 0 Å². The molecule has 0 aliphatic carbocycles. The van der Waals surface area contributed by atoms with Crippen molar-refractivity contribution in [1.82, 2.24) is 10.2 Å². The summed E-state index contributed by atoms with van der Waals surface area (Å²) in [5.41, 5.74) is 0.901. The van der Waals surface area contributed by atoms with E-state index in [0.717, 1.165) is 5.56 Å². The summed E-state index contributed by atoms with van der Waals surface area (Å²) in [6.07, 6.45) is 1.17. The van der Waals surface area contributed by atoms with Crippen molar-refractivity contribution in [2.75, 3.05) is 11.6 Å². The fraction of sp³-hybridized carbons (Fsp3) is 0.273. The Kier molecular flexibility index (Phi) is 4.06. The molecule has 0 atom stereocenters. The van der Waals surface area contributed by atoms with Crippen molar-refractivity contribution >= 4 is 27.5 Å². The number of sulfone groups is 1. The van der Waals surface area contributed by atoms with Crippen LogP contribution in [0.15, 0.2) is 33.6 Å². The summed E-state index contributed by atoms with van der Waals surface area (Å²) in [6, 6.07) is 6.85. The first-order valence-corrected chi connectivity index (χ1v) is 7.83. The van der Waals surface area contributed by atoms with Crippen LogP contribution in [-0.2, 0) is 22.3 Å². The van der Waals surface area contributed by atoms with Crippen LogP contribution in [0, 0.1) is 0 Å². The van der Waals surface area contributed by atoms with Gasteiger partial charge in [0.25, 0.3) is 0 Å². The summed E-state index contributed by atoms with van der Waals surface area (Å²) in [4.78, 5) is 0.290. The average Bonchev–Trinajstić information content (AvgIpc) is 2.84. The van der Waals surface area contributed by atoms with Gasteiger partial charge in [-0.2, -0.15) is 0 Å². The van der Waals surface area contributed by atoms with Gasteiger partial charge in [-0.05, 0) is 17.7 Å². The standard InChI is InChI=1S/C11H12ClN3O3S/c1-19(16,17)9-4-2-8(3-5-9)7-13-11-15-14-10(6-12)18-11/h2-5H,6-7H2,1H3,(H,13,15). The molecule has 0 amide bonds. The highest BCUT2D eigenvalue weighted by molar-refractivity contribution is 7.90. The minimum atomic E-state index is -3.16. The summed E-state index contributed by atoms with van der Waals surface area (Å²) < 4.78 is 27.8. The van der Waals surface area contributed by atoms with Crippen LogP contribution in [0.3, 0.4) is 0 Å². The van der Waals surface area contributed by atoms with Gasteiger partial charge >= 0.3 is 6.01 Å². The number of benzene rings is 1. The van der Waals surface area contributed by atoms with Crippen LogP contribution in [0.1, 0.15) is 11.5 Å². The van der Waals surface area contributed by atoms with Crippen LogP contribution in [0.2, 0.25) is 0 Å². The van der Waals surface area contributed by atoms with Gasteiger partial charge in [-0.25, -0.2) is 8.42 Å². The monoisotopic (exact) mass is 301 g/mol. The lowest BCUT2D eigenvalue weighted by molar-refractivity contribution is 0.525. The summed E-state index contributed by atoms with van der Waals surface area (Å²) >= 11 is 5.54. The van der Waals surface area contributed by atoms with Crippen molar-refractivity contribution in [2.24, 2.45) is 0 Å². The van der Waals surface area contributed by atoms with Crippen molar-refractivity contribution in [2.45, 2.75) is 17.3 Å². The minimum absolute atomic E-state index is 0.164. The lowest BCUT2D eigenvalue weighted by atomic mass is 10.2. The van der Waals surface area contributed by atoms with Gasteiger partial charge in [0.15, 0.2) is 9.84 Å². The molecule has 0 aliphatic rings. The molecule has 0 fully saturated rings. The van der Waals surface area contributed by atoms with Gasteiger partial charge in [0, 0.05) is 12.8 Å². The molecule has 0 unspecified atom stereocenters. The number of halogens is 1. The third-order valence-electron chi connectivity index (χ3n) is 2.38. The Morgan fingerprint density at radius 3 is 2.47 bits per heavy atom. The predicted molar refractivity (Wildman–Crippen MR) is 70.7 cm³/mol. The molecule has 1 aromatic heterocycles. The molecule has 19 heavy (non-hydrogen) atoms. The van der Waals surface area contributed by atoms with Crippen molar-refractivity contribution in [3.05, 3.63) is 35.7 Å². The number of nitrogens with zero attached hydrogens (tertiary/aromatic N) is 2. The van der Waals surface area contributed by atoms with Gasteiger partial charge < -0.3 is 9.73 Å². The molecule has 6 nitrogen and oxygen atoms in total. The molecule has 1 heterocycles.